The molecular formula is C24H25ClN2O4. The number of aliphatic carboxylic acids is 1. The SMILES string of the molecule is Cl.O=C(O)/C=C/c1ccc(Cn2ccnc2)cc1OCCC1CCc2ccccc2O1. The third-order valence-electron chi connectivity index (χ3n) is 5.11. The van der Waals surface area contributed by atoms with Gasteiger partial charge in [0.15, 0.2) is 0 Å². The molecule has 3 aromatic rings. The quantitative estimate of drug-likeness (QED) is 0.517. The number of carbonyl (C=O) groups is 1. The first kappa shape index (κ1) is 22.4. The lowest BCUT2D eigenvalue weighted by Gasteiger charge is -2.26. The second kappa shape index (κ2) is 10.7. The number of benzene rings is 2. The molecule has 0 radical (unpaired) electrons. The molecule has 1 aliphatic heterocycles. The molecule has 31 heavy (non-hydrogen) atoms. The molecule has 0 saturated carbocycles. The highest BCUT2D eigenvalue weighted by Crippen LogP contribution is 2.29. The Hall–Kier alpha value is -3.25. The highest BCUT2D eigenvalue weighted by Gasteiger charge is 2.19. The summed E-state index contributed by atoms with van der Waals surface area (Å²) in [4.78, 5) is 15.0. The number of hydrogen-bond donors (Lipinski definition) is 1. The molecule has 162 valence electrons. The number of hydrogen-bond acceptors (Lipinski definition) is 4. The summed E-state index contributed by atoms with van der Waals surface area (Å²) < 4.78 is 14.1. The Balaban J connectivity index is 0.00000272. The van der Waals surface area contributed by atoms with Crippen LogP contribution in [0.15, 0.2) is 67.3 Å². The van der Waals surface area contributed by atoms with E-state index in [1.54, 1.807) is 18.6 Å². The molecule has 7 heteroatoms. The summed E-state index contributed by atoms with van der Waals surface area (Å²) >= 11 is 0. The summed E-state index contributed by atoms with van der Waals surface area (Å²) in [5, 5.41) is 8.96. The van der Waals surface area contributed by atoms with E-state index in [0.29, 0.717) is 18.9 Å². The zero-order valence-corrected chi connectivity index (χ0v) is 17.8. The molecule has 4 rings (SSSR count). The lowest BCUT2D eigenvalue weighted by Crippen LogP contribution is -2.24. The standard InChI is InChI=1S/C24H24N2O4.ClH/c27-24(28)10-8-20-6-5-18(16-26-13-12-25-17-26)15-23(20)29-14-11-21-9-7-19-3-1-2-4-22(19)30-21;/h1-6,8,10,12-13,15,17,21H,7,9,11,14,16H2,(H,27,28);1H/b10-8+;. The molecule has 1 unspecified atom stereocenters. The van der Waals surface area contributed by atoms with Crippen LogP contribution in [0.2, 0.25) is 0 Å². The lowest BCUT2D eigenvalue weighted by molar-refractivity contribution is -0.131. The van der Waals surface area contributed by atoms with Crippen molar-refractivity contribution in [1.29, 1.82) is 0 Å². The van der Waals surface area contributed by atoms with E-state index < -0.39 is 5.97 Å². The molecule has 0 fully saturated rings. The van der Waals surface area contributed by atoms with Crippen molar-refractivity contribution < 1.29 is 19.4 Å². The van der Waals surface area contributed by atoms with Gasteiger partial charge < -0.3 is 19.1 Å². The van der Waals surface area contributed by atoms with Crippen molar-refractivity contribution in [2.45, 2.75) is 31.9 Å². The van der Waals surface area contributed by atoms with Gasteiger partial charge in [-0.15, -0.1) is 12.4 Å². The molecule has 1 aromatic heterocycles. The van der Waals surface area contributed by atoms with E-state index in [4.69, 9.17) is 14.6 Å². The fraction of sp³-hybridized carbons (Fsp3) is 0.250. The van der Waals surface area contributed by atoms with Gasteiger partial charge in [-0.3, -0.25) is 0 Å². The first-order valence-corrected chi connectivity index (χ1v) is 10.0. The number of aromatic nitrogens is 2. The molecule has 6 nitrogen and oxygen atoms in total. The number of aryl methyl sites for hydroxylation is 1. The Morgan fingerprint density at radius 3 is 2.97 bits per heavy atom. The zero-order valence-electron chi connectivity index (χ0n) is 17.0. The van der Waals surface area contributed by atoms with Crippen LogP contribution in [0.4, 0.5) is 0 Å². The Morgan fingerprint density at radius 1 is 1.29 bits per heavy atom. The van der Waals surface area contributed by atoms with Gasteiger partial charge in [0, 0.05) is 37.0 Å². The van der Waals surface area contributed by atoms with Gasteiger partial charge in [-0.1, -0.05) is 30.3 Å². The largest absolute Gasteiger partial charge is 0.493 e. The van der Waals surface area contributed by atoms with Crippen LogP contribution in [0, 0.1) is 0 Å². The van der Waals surface area contributed by atoms with Crippen LogP contribution < -0.4 is 9.47 Å². The Labute approximate surface area is 187 Å². The van der Waals surface area contributed by atoms with Crippen LogP contribution in [-0.2, 0) is 17.8 Å². The van der Waals surface area contributed by atoms with Gasteiger partial charge in [0.05, 0.1) is 12.9 Å². The maximum absolute atomic E-state index is 10.9. The van der Waals surface area contributed by atoms with Crippen molar-refractivity contribution in [3.05, 3.63) is 84.0 Å². The monoisotopic (exact) mass is 440 g/mol. The molecule has 2 heterocycles. The van der Waals surface area contributed by atoms with Crippen LogP contribution in [0.1, 0.15) is 29.5 Å². The van der Waals surface area contributed by atoms with Crippen LogP contribution in [0.5, 0.6) is 11.5 Å². The van der Waals surface area contributed by atoms with Gasteiger partial charge in [-0.05, 0) is 42.2 Å². The van der Waals surface area contributed by atoms with E-state index >= 15 is 0 Å². The molecular weight excluding hydrogens is 416 g/mol. The summed E-state index contributed by atoms with van der Waals surface area (Å²) in [5.74, 6) is 0.639. The molecule has 1 N–H and O–H groups in total. The topological polar surface area (TPSA) is 73.6 Å². The van der Waals surface area contributed by atoms with Crippen molar-refractivity contribution >= 4 is 24.5 Å². The number of nitrogens with zero attached hydrogens (tertiary/aromatic N) is 2. The molecule has 0 aliphatic carbocycles. The van der Waals surface area contributed by atoms with Gasteiger partial charge >= 0.3 is 5.97 Å². The van der Waals surface area contributed by atoms with E-state index in [1.165, 1.54) is 5.56 Å². The normalized spacial score (nSPS) is 15.0. The van der Waals surface area contributed by atoms with Gasteiger partial charge in [0.1, 0.15) is 17.6 Å². The highest BCUT2D eigenvalue weighted by atomic mass is 35.5. The number of halogens is 1. The highest BCUT2D eigenvalue weighted by molar-refractivity contribution is 5.86. The van der Waals surface area contributed by atoms with E-state index in [0.717, 1.165) is 42.2 Å². The smallest absolute Gasteiger partial charge is 0.328 e. The van der Waals surface area contributed by atoms with Crippen LogP contribution in [0.3, 0.4) is 0 Å². The maximum atomic E-state index is 10.9. The lowest BCUT2D eigenvalue weighted by atomic mass is 10.0. The van der Waals surface area contributed by atoms with Crippen LogP contribution >= 0.6 is 12.4 Å². The number of fused-ring (bicyclic) bond motifs is 1. The van der Waals surface area contributed by atoms with E-state index in [2.05, 4.69) is 11.1 Å². The molecule has 2 aromatic carbocycles. The second-order valence-corrected chi connectivity index (χ2v) is 7.30. The van der Waals surface area contributed by atoms with Crippen LogP contribution in [-0.4, -0.2) is 33.3 Å². The Morgan fingerprint density at radius 2 is 2.16 bits per heavy atom. The molecule has 1 aliphatic rings. The molecule has 0 saturated heterocycles. The summed E-state index contributed by atoms with van der Waals surface area (Å²) in [5.41, 5.74) is 3.04. The van der Waals surface area contributed by atoms with Crippen molar-refractivity contribution in [2.75, 3.05) is 6.61 Å². The van der Waals surface area contributed by atoms with E-state index in [-0.39, 0.29) is 18.5 Å². The van der Waals surface area contributed by atoms with Crippen molar-refractivity contribution in [3.63, 3.8) is 0 Å². The zero-order chi connectivity index (χ0) is 20.8. The number of carboxylic acid groups (broad SMARTS) is 1. The van der Waals surface area contributed by atoms with Crippen molar-refractivity contribution in [1.82, 2.24) is 9.55 Å². The van der Waals surface area contributed by atoms with Gasteiger partial charge in [0.25, 0.3) is 0 Å². The minimum absolute atomic E-state index is 0. The number of rotatable bonds is 8. The van der Waals surface area contributed by atoms with Gasteiger partial charge in [-0.2, -0.15) is 0 Å². The van der Waals surface area contributed by atoms with Gasteiger partial charge in [0.2, 0.25) is 0 Å². The summed E-state index contributed by atoms with van der Waals surface area (Å²) in [7, 11) is 0. The Kier molecular flexibility index (Phi) is 7.73. The first-order valence-electron chi connectivity index (χ1n) is 10.0. The Bertz CT molecular complexity index is 1030. The average Bonchev–Trinajstić information content (AvgIpc) is 3.26. The molecule has 1 atom stereocenters. The summed E-state index contributed by atoms with van der Waals surface area (Å²) in [6, 6.07) is 14.0. The summed E-state index contributed by atoms with van der Waals surface area (Å²) in [6.45, 7) is 1.16. The number of ether oxygens (including phenoxy) is 2. The molecule has 0 bridgehead atoms. The number of para-hydroxylation sites is 1. The predicted molar refractivity (Wildman–Crippen MR) is 121 cm³/mol. The second-order valence-electron chi connectivity index (χ2n) is 7.30. The van der Waals surface area contributed by atoms with Crippen molar-refractivity contribution in [2.24, 2.45) is 0 Å². The predicted octanol–water partition coefficient (Wildman–Crippen LogP) is 4.61. The van der Waals surface area contributed by atoms with Crippen molar-refractivity contribution in [3.8, 4) is 11.5 Å². The molecule has 0 spiro atoms. The van der Waals surface area contributed by atoms with E-state index in [9.17, 15) is 4.79 Å². The minimum Gasteiger partial charge on any atom is -0.493 e. The summed E-state index contributed by atoms with van der Waals surface area (Å²) in [6.07, 6.45) is 10.9. The van der Waals surface area contributed by atoms with E-state index in [1.807, 2.05) is 47.2 Å². The third-order valence-corrected chi connectivity index (χ3v) is 5.11. The minimum atomic E-state index is -0.988. The number of imidazole rings is 1. The average molecular weight is 441 g/mol. The van der Waals surface area contributed by atoms with Gasteiger partial charge in [-0.25, -0.2) is 9.78 Å². The number of carboxylic acids is 1. The fourth-order valence-corrected chi connectivity index (χ4v) is 3.58. The molecule has 0 amide bonds. The first-order chi connectivity index (χ1) is 14.7. The van der Waals surface area contributed by atoms with Crippen LogP contribution in [0.25, 0.3) is 6.08 Å². The third kappa shape index (κ3) is 6.12. The maximum Gasteiger partial charge on any atom is 0.328 e. The fourth-order valence-electron chi connectivity index (χ4n) is 3.58.